The molecule has 2 rings (SSSR count). The van der Waals surface area contributed by atoms with E-state index in [4.69, 9.17) is 9.15 Å². The monoisotopic (exact) mass is 333 g/mol. The Kier molecular flexibility index (Phi) is 7.83. The Morgan fingerprint density at radius 3 is 2.67 bits per heavy atom. The fourth-order valence-electron chi connectivity index (χ4n) is 2.15. The van der Waals surface area contributed by atoms with Gasteiger partial charge in [-0.25, -0.2) is 4.39 Å². The molecule has 1 aromatic carbocycles. The number of furan rings is 1. The Bertz CT molecular complexity index is 597. The van der Waals surface area contributed by atoms with Gasteiger partial charge in [-0.3, -0.25) is 4.99 Å². The normalized spacial score (nSPS) is 11.5. The summed E-state index contributed by atoms with van der Waals surface area (Å²) in [6.07, 6.45) is 3.33. The van der Waals surface area contributed by atoms with E-state index in [-0.39, 0.29) is 5.82 Å². The Labute approximate surface area is 141 Å². The van der Waals surface area contributed by atoms with Gasteiger partial charge in [0, 0.05) is 26.7 Å². The SMILES string of the molecule is CN=C(NCCCOCc1ccco1)NCCc1ccc(F)cc1. The molecule has 0 amide bonds. The number of benzene rings is 1. The van der Waals surface area contributed by atoms with Crippen LogP contribution in [0.1, 0.15) is 17.7 Å². The lowest BCUT2D eigenvalue weighted by Crippen LogP contribution is -2.39. The minimum Gasteiger partial charge on any atom is -0.467 e. The standard InChI is InChI=1S/C18H24FN3O2/c1-20-18(22-11-9-15-5-7-16(19)8-6-15)21-10-3-12-23-14-17-4-2-13-24-17/h2,4-8,13H,3,9-12,14H2,1H3,(H2,20,21,22). The molecule has 0 atom stereocenters. The number of nitrogens with zero attached hydrogens (tertiary/aromatic N) is 1. The first-order chi connectivity index (χ1) is 11.8. The number of guanidine groups is 1. The molecular formula is C18H24FN3O2. The molecule has 24 heavy (non-hydrogen) atoms. The Morgan fingerprint density at radius 2 is 1.96 bits per heavy atom. The maximum atomic E-state index is 12.8. The quantitative estimate of drug-likeness (QED) is 0.421. The summed E-state index contributed by atoms with van der Waals surface area (Å²) in [6, 6.07) is 10.3. The van der Waals surface area contributed by atoms with E-state index in [1.54, 1.807) is 25.4 Å². The van der Waals surface area contributed by atoms with E-state index >= 15 is 0 Å². The molecule has 2 aromatic rings. The Balaban J connectivity index is 1.53. The van der Waals surface area contributed by atoms with Gasteiger partial charge in [0.25, 0.3) is 0 Å². The van der Waals surface area contributed by atoms with Crippen LogP contribution in [-0.2, 0) is 17.8 Å². The van der Waals surface area contributed by atoms with Gasteiger partial charge in [-0.15, -0.1) is 0 Å². The van der Waals surface area contributed by atoms with Gasteiger partial charge in [0.1, 0.15) is 18.2 Å². The van der Waals surface area contributed by atoms with Crippen molar-refractivity contribution in [2.24, 2.45) is 4.99 Å². The van der Waals surface area contributed by atoms with E-state index in [0.717, 1.165) is 43.2 Å². The van der Waals surface area contributed by atoms with Crippen LogP contribution >= 0.6 is 0 Å². The zero-order chi connectivity index (χ0) is 17.0. The van der Waals surface area contributed by atoms with E-state index < -0.39 is 0 Å². The number of aliphatic imine (C=N–C) groups is 1. The summed E-state index contributed by atoms with van der Waals surface area (Å²) in [5, 5.41) is 6.47. The topological polar surface area (TPSA) is 58.8 Å². The van der Waals surface area contributed by atoms with Crippen molar-refractivity contribution in [3.63, 3.8) is 0 Å². The van der Waals surface area contributed by atoms with Crippen LogP contribution in [0, 0.1) is 5.82 Å². The molecule has 0 spiro atoms. The molecule has 1 aromatic heterocycles. The minimum atomic E-state index is -0.210. The smallest absolute Gasteiger partial charge is 0.190 e. The van der Waals surface area contributed by atoms with Crippen LogP contribution in [0.25, 0.3) is 0 Å². The van der Waals surface area contributed by atoms with Crippen LogP contribution in [0.4, 0.5) is 4.39 Å². The van der Waals surface area contributed by atoms with E-state index in [1.807, 2.05) is 12.1 Å². The molecule has 0 aliphatic rings. The first-order valence-corrected chi connectivity index (χ1v) is 8.07. The van der Waals surface area contributed by atoms with Gasteiger partial charge in [0.05, 0.1) is 6.26 Å². The molecule has 1 heterocycles. The molecule has 0 fully saturated rings. The summed E-state index contributed by atoms with van der Waals surface area (Å²) in [7, 11) is 1.74. The van der Waals surface area contributed by atoms with Crippen LogP contribution in [0.3, 0.4) is 0 Å². The summed E-state index contributed by atoms with van der Waals surface area (Å²) >= 11 is 0. The molecule has 130 valence electrons. The minimum absolute atomic E-state index is 0.210. The molecule has 0 bridgehead atoms. The lowest BCUT2D eigenvalue weighted by atomic mass is 10.1. The zero-order valence-corrected chi connectivity index (χ0v) is 13.9. The molecular weight excluding hydrogens is 309 g/mol. The van der Waals surface area contributed by atoms with Gasteiger partial charge in [-0.2, -0.15) is 0 Å². The lowest BCUT2D eigenvalue weighted by molar-refractivity contribution is 0.105. The number of hydrogen-bond acceptors (Lipinski definition) is 3. The van der Waals surface area contributed by atoms with Gasteiger partial charge < -0.3 is 19.8 Å². The van der Waals surface area contributed by atoms with Crippen molar-refractivity contribution < 1.29 is 13.5 Å². The van der Waals surface area contributed by atoms with Crippen molar-refractivity contribution in [1.82, 2.24) is 10.6 Å². The number of rotatable bonds is 9. The summed E-state index contributed by atoms with van der Waals surface area (Å²) in [4.78, 5) is 4.17. The molecule has 0 aliphatic carbocycles. The Hall–Kier alpha value is -2.34. The summed E-state index contributed by atoms with van der Waals surface area (Å²) < 4.78 is 23.5. The number of ether oxygens (including phenoxy) is 1. The molecule has 0 unspecified atom stereocenters. The maximum Gasteiger partial charge on any atom is 0.190 e. The summed E-state index contributed by atoms with van der Waals surface area (Å²) in [5.74, 6) is 1.38. The summed E-state index contributed by atoms with van der Waals surface area (Å²) in [6.45, 7) is 2.66. The average Bonchev–Trinajstić information content (AvgIpc) is 3.11. The molecule has 0 aliphatic heterocycles. The van der Waals surface area contributed by atoms with Gasteiger partial charge in [0.15, 0.2) is 5.96 Å². The van der Waals surface area contributed by atoms with Crippen molar-refractivity contribution in [2.75, 3.05) is 26.7 Å². The number of hydrogen-bond donors (Lipinski definition) is 2. The lowest BCUT2D eigenvalue weighted by Gasteiger charge is -2.12. The fraction of sp³-hybridized carbons (Fsp3) is 0.389. The highest BCUT2D eigenvalue weighted by atomic mass is 19.1. The van der Waals surface area contributed by atoms with Crippen LogP contribution in [-0.4, -0.2) is 32.7 Å². The molecule has 5 nitrogen and oxygen atoms in total. The van der Waals surface area contributed by atoms with Crippen LogP contribution in [0.5, 0.6) is 0 Å². The highest BCUT2D eigenvalue weighted by molar-refractivity contribution is 5.79. The third-order valence-electron chi connectivity index (χ3n) is 3.43. The second kappa shape index (κ2) is 10.4. The molecule has 2 N–H and O–H groups in total. The molecule has 0 saturated carbocycles. The van der Waals surface area contributed by atoms with Crippen molar-refractivity contribution in [3.05, 3.63) is 59.8 Å². The zero-order valence-electron chi connectivity index (χ0n) is 13.9. The number of halogens is 1. The predicted molar refractivity (Wildman–Crippen MR) is 92.4 cm³/mol. The van der Waals surface area contributed by atoms with Gasteiger partial charge in [-0.1, -0.05) is 12.1 Å². The largest absolute Gasteiger partial charge is 0.467 e. The molecule has 0 saturated heterocycles. The fourth-order valence-corrected chi connectivity index (χ4v) is 2.15. The molecule has 0 radical (unpaired) electrons. The summed E-state index contributed by atoms with van der Waals surface area (Å²) in [5.41, 5.74) is 1.09. The van der Waals surface area contributed by atoms with Gasteiger partial charge >= 0.3 is 0 Å². The van der Waals surface area contributed by atoms with Crippen LogP contribution in [0.2, 0.25) is 0 Å². The van der Waals surface area contributed by atoms with E-state index in [0.29, 0.717) is 13.2 Å². The third-order valence-corrected chi connectivity index (χ3v) is 3.43. The second-order valence-corrected chi connectivity index (χ2v) is 5.29. The number of nitrogens with one attached hydrogen (secondary N) is 2. The van der Waals surface area contributed by atoms with Crippen LogP contribution < -0.4 is 10.6 Å². The highest BCUT2D eigenvalue weighted by Crippen LogP contribution is 2.03. The van der Waals surface area contributed by atoms with E-state index in [9.17, 15) is 4.39 Å². The second-order valence-electron chi connectivity index (χ2n) is 5.29. The van der Waals surface area contributed by atoms with Crippen molar-refractivity contribution >= 4 is 5.96 Å². The van der Waals surface area contributed by atoms with Crippen molar-refractivity contribution in [3.8, 4) is 0 Å². The van der Waals surface area contributed by atoms with Gasteiger partial charge in [-0.05, 0) is 42.7 Å². The van der Waals surface area contributed by atoms with E-state index in [2.05, 4.69) is 15.6 Å². The predicted octanol–water partition coefficient (Wildman–Crippen LogP) is 2.73. The highest BCUT2D eigenvalue weighted by Gasteiger charge is 1.99. The average molecular weight is 333 g/mol. The first kappa shape index (κ1) is 18.0. The van der Waals surface area contributed by atoms with Crippen molar-refractivity contribution in [2.45, 2.75) is 19.4 Å². The van der Waals surface area contributed by atoms with Crippen LogP contribution in [0.15, 0.2) is 52.1 Å². The first-order valence-electron chi connectivity index (χ1n) is 8.07. The third kappa shape index (κ3) is 6.83. The Morgan fingerprint density at radius 1 is 1.17 bits per heavy atom. The van der Waals surface area contributed by atoms with E-state index in [1.165, 1.54) is 12.1 Å². The maximum absolute atomic E-state index is 12.8. The van der Waals surface area contributed by atoms with Crippen molar-refractivity contribution in [1.29, 1.82) is 0 Å². The van der Waals surface area contributed by atoms with Gasteiger partial charge in [0.2, 0.25) is 0 Å². The molecule has 6 heteroatoms.